The normalized spacial score (nSPS) is 15.6. The zero-order chi connectivity index (χ0) is 27.9. The molecular weight excluding hydrogens is 539 g/mol. The van der Waals surface area contributed by atoms with Crippen LogP contribution in [0.2, 0.25) is 10.0 Å². The summed E-state index contributed by atoms with van der Waals surface area (Å²) in [5.74, 6) is 0.540. The summed E-state index contributed by atoms with van der Waals surface area (Å²) in [6.45, 7) is 7.25. The molecular formula is C28H30Cl2N6O3. The maximum atomic E-state index is 13.2. The summed E-state index contributed by atoms with van der Waals surface area (Å²) in [4.78, 5) is 32.4. The fourth-order valence-corrected chi connectivity index (χ4v) is 4.93. The van der Waals surface area contributed by atoms with Crippen LogP contribution >= 0.6 is 23.2 Å². The number of hydrogen-bond donors (Lipinski definition) is 1. The van der Waals surface area contributed by atoms with Gasteiger partial charge in [0.15, 0.2) is 5.65 Å². The number of nitrogens with one attached hydrogen (secondary N) is 1. The number of anilines is 1. The van der Waals surface area contributed by atoms with Crippen LogP contribution in [-0.2, 0) is 11.8 Å². The molecule has 0 bridgehead atoms. The van der Waals surface area contributed by atoms with Crippen LogP contribution < -0.4 is 11.0 Å². The summed E-state index contributed by atoms with van der Waals surface area (Å²) in [6.07, 6.45) is 0.496. The molecule has 1 fully saturated rings. The van der Waals surface area contributed by atoms with Crippen molar-refractivity contribution in [3.63, 3.8) is 0 Å². The number of carbonyl (C=O) groups is 1. The second-order valence-electron chi connectivity index (χ2n) is 10.7. The summed E-state index contributed by atoms with van der Waals surface area (Å²) in [7, 11) is 1.61. The average molecular weight is 569 g/mol. The topological polar surface area (TPSA) is 93.8 Å². The number of carbonyl (C=O) groups excluding carboxylic acids is 1. The van der Waals surface area contributed by atoms with Crippen molar-refractivity contribution in [2.75, 3.05) is 25.0 Å². The van der Waals surface area contributed by atoms with Gasteiger partial charge in [-0.1, -0.05) is 47.5 Å². The maximum Gasteiger partial charge on any atom is 0.410 e. The molecule has 9 nitrogen and oxygen atoms in total. The van der Waals surface area contributed by atoms with E-state index in [-0.39, 0.29) is 17.7 Å². The first-order chi connectivity index (χ1) is 18.5. The van der Waals surface area contributed by atoms with E-state index in [9.17, 15) is 9.59 Å². The van der Waals surface area contributed by atoms with Crippen molar-refractivity contribution >= 4 is 40.9 Å². The average Bonchev–Trinajstić information content (AvgIpc) is 3.47. The summed E-state index contributed by atoms with van der Waals surface area (Å²) in [5.41, 5.74) is 2.60. The van der Waals surface area contributed by atoms with Crippen LogP contribution in [0.25, 0.3) is 28.0 Å². The molecule has 1 aliphatic rings. The Morgan fingerprint density at radius 1 is 1.05 bits per heavy atom. The van der Waals surface area contributed by atoms with Gasteiger partial charge in [-0.3, -0.25) is 0 Å². The van der Waals surface area contributed by atoms with Gasteiger partial charge in [0.25, 0.3) is 0 Å². The van der Waals surface area contributed by atoms with Gasteiger partial charge in [-0.25, -0.2) is 23.7 Å². The predicted octanol–water partition coefficient (Wildman–Crippen LogP) is 5.74. The molecule has 1 atom stereocenters. The van der Waals surface area contributed by atoms with Crippen molar-refractivity contribution in [1.29, 1.82) is 0 Å². The molecule has 1 aliphatic heterocycles. The van der Waals surface area contributed by atoms with E-state index in [4.69, 9.17) is 32.9 Å². The van der Waals surface area contributed by atoms with E-state index in [0.717, 1.165) is 17.5 Å². The number of halogens is 2. The number of ether oxygens (including phenoxy) is 1. The van der Waals surface area contributed by atoms with Crippen molar-refractivity contribution in [3.8, 4) is 22.4 Å². The molecule has 0 spiro atoms. The molecule has 5 rings (SSSR count). The van der Waals surface area contributed by atoms with Crippen LogP contribution in [0, 0.1) is 5.92 Å². The Bertz CT molecular complexity index is 1570. The zero-order valence-electron chi connectivity index (χ0n) is 22.2. The summed E-state index contributed by atoms with van der Waals surface area (Å²) < 4.78 is 8.31. The number of likely N-dealkylation sites (tertiary alicyclic amines) is 1. The zero-order valence-corrected chi connectivity index (χ0v) is 23.8. The molecule has 39 heavy (non-hydrogen) atoms. The van der Waals surface area contributed by atoms with Gasteiger partial charge in [0, 0.05) is 42.3 Å². The smallest absolute Gasteiger partial charge is 0.410 e. The first-order valence-electron chi connectivity index (χ1n) is 12.7. The van der Waals surface area contributed by atoms with Crippen LogP contribution in [0.5, 0.6) is 0 Å². The first kappa shape index (κ1) is 27.0. The number of nitrogens with zero attached hydrogens (tertiary/aromatic N) is 5. The highest BCUT2D eigenvalue weighted by molar-refractivity contribution is 6.31. The summed E-state index contributed by atoms with van der Waals surface area (Å²) >= 11 is 12.3. The van der Waals surface area contributed by atoms with Gasteiger partial charge in [0.05, 0.1) is 11.3 Å². The third-order valence-electron chi connectivity index (χ3n) is 6.55. The van der Waals surface area contributed by atoms with Crippen molar-refractivity contribution < 1.29 is 9.53 Å². The number of fused-ring (bicyclic) bond motifs is 1. The van der Waals surface area contributed by atoms with Crippen LogP contribution in [0.15, 0.2) is 53.3 Å². The second kappa shape index (κ2) is 10.5. The number of aromatic nitrogens is 4. The molecule has 0 radical (unpaired) electrons. The molecule has 11 heteroatoms. The Hall–Kier alpha value is -3.56. The Balaban J connectivity index is 1.53. The standard InChI is InChI=1S/C28H30Cl2N6O3/c1-28(2,3)39-27(38)35-14-13-17(16-35)15-31-25-32-23(19-7-11-21(30)12-8-19)22(18-5-9-20(29)10-6-18)24-33-34(4)26(37)36(24)25/h5-12,17H,13-16H2,1-4H3,(H,31,32). The van der Waals surface area contributed by atoms with Gasteiger partial charge < -0.3 is 15.0 Å². The Morgan fingerprint density at radius 2 is 1.67 bits per heavy atom. The van der Waals surface area contributed by atoms with Gasteiger partial charge in [-0.2, -0.15) is 0 Å². The first-order valence-corrected chi connectivity index (χ1v) is 13.5. The van der Waals surface area contributed by atoms with Crippen molar-refractivity contribution in [2.45, 2.75) is 32.8 Å². The fourth-order valence-electron chi connectivity index (χ4n) is 4.68. The lowest BCUT2D eigenvalue weighted by atomic mass is 10.00. The highest BCUT2D eigenvalue weighted by Gasteiger charge is 2.30. The monoisotopic (exact) mass is 568 g/mol. The molecule has 2 aromatic carbocycles. The molecule has 1 N–H and O–H groups in total. The van der Waals surface area contributed by atoms with Crippen LogP contribution in [0.3, 0.4) is 0 Å². The van der Waals surface area contributed by atoms with Gasteiger partial charge >= 0.3 is 11.8 Å². The van der Waals surface area contributed by atoms with E-state index in [1.54, 1.807) is 36.2 Å². The van der Waals surface area contributed by atoms with E-state index in [1.807, 2.05) is 45.0 Å². The van der Waals surface area contributed by atoms with E-state index in [2.05, 4.69) is 10.4 Å². The van der Waals surface area contributed by atoms with Gasteiger partial charge in [-0.05, 0) is 62.9 Å². The van der Waals surface area contributed by atoms with Crippen molar-refractivity contribution in [3.05, 3.63) is 69.1 Å². The van der Waals surface area contributed by atoms with Crippen LogP contribution in [-0.4, -0.2) is 55.4 Å². The molecule has 0 saturated carbocycles. The molecule has 1 unspecified atom stereocenters. The maximum absolute atomic E-state index is 13.2. The lowest BCUT2D eigenvalue weighted by Gasteiger charge is -2.24. The molecule has 204 valence electrons. The fraction of sp³-hybridized carbons (Fsp3) is 0.357. The number of aryl methyl sites for hydroxylation is 1. The Kier molecular flexibility index (Phi) is 7.31. The number of benzene rings is 2. The van der Waals surface area contributed by atoms with Gasteiger partial charge in [0.1, 0.15) is 5.60 Å². The largest absolute Gasteiger partial charge is 0.444 e. The van der Waals surface area contributed by atoms with E-state index in [1.165, 1.54) is 9.08 Å². The minimum absolute atomic E-state index is 0.164. The lowest BCUT2D eigenvalue weighted by molar-refractivity contribution is 0.0289. The highest BCUT2D eigenvalue weighted by atomic mass is 35.5. The second-order valence-corrected chi connectivity index (χ2v) is 11.6. The summed E-state index contributed by atoms with van der Waals surface area (Å²) in [5, 5.41) is 9.17. The minimum Gasteiger partial charge on any atom is -0.444 e. The van der Waals surface area contributed by atoms with Crippen LogP contribution in [0.1, 0.15) is 27.2 Å². The van der Waals surface area contributed by atoms with Gasteiger partial charge in [-0.15, -0.1) is 5.10 Å². The third-order valence-corrected chi connectivity index (χ3v) is 7.06. The lowest BCUT2D eigenvalue weighted by Crippen LogP contribution is -2.35. The van der Waals surface area contributed by atoms with Crippen molar-refractivity contribution in [1.82, 2.24) is 24.1 Å². The third kappa shape index (κ3) is 5.74. The van der Waals surface area contributed by atoms with E-state index < -0.39 is 5.60 Å². The summed E-state index contributed by atoms with van der Waals surface area (Å²) in [6, 6.07) is 14.7. The van der Waals surface area contributed by atoms with E-state index in [0.29, 0.717) is 52.5 Å². The quantitative estimate of drug-likeness (QED) is 0.330. The number of hydrogen-bond acceptors (Lipinski definition) is 6. The van der Waals surface area contributed by atoms with Crippen molar-refractivity contribution in [2.24, 2.45) is 13.0 Å². The molecule has 4 aromatic rings. The highest BCUT2D eigenvalue weighted by Crippen LogP contribution is 2.36. The molecule has 1 amide bonds. The van der Waals surface area contributed by atoms with Crippen LogP contribution in [0.4, 0.5) is 10.7 Å². The van der Waals surface area contributed by atoms with Gasteiger partial charge in [0.2, 0.25) is 5.95 Å². The minimum atomic E-state index is -0.547. The van der Waals surface area contributed by atoms with E-state index >= 15 is 0 Å². The SMILES string of the molecule is Cn1nc2c(-c3ccc(Cl)cc3)c(-c3ccc(Cl)cc3)nc(NCC3CCN(C(=O)OC(C)(C)C)C3)n2c1=O. The number of amides is 1. The predicted molar refractivity (Wildman–Crippen MR) is 154 cm³/mol. The molecule has 0 aliphatic carbocycles. The molecule has 1 saturated heterocycles. The number of rotatable bonds is 5. The molecule has 3 heterocycles. The molecule has 2 aromatic heterocycles. The Morgan fingerprint density at radius 3 is 2.28 bits per heavy atom. The Labute approximate surface area is 236 Å².